The van der Waals surface area contributed by atoms with Crippen molar-refractivity contribution < 1.29 is 8.42 Å². The summed E-state index contributed by atoms with van der Waals surface area (Å²) in [6.45, 7) is 3.37. The van der Waals surface area contributed by atoms with E-state index in [4.69, 9.17) is 0 Å². The average molecular weight is 244 g/mol. The van der Waals surface area contributed by atoms with Gasteiger partial charge < -0.3 is 5.32 Å². The standard InChI is InChI=1S/C9H16N4O2S/c1-9(4-2-5-10-9)7-12-16(14,15)8-3-6-11-13-8/h3,6,10,12H,2,4-5,7H2,1H3,(H,11,13). The third-order valence-corrected chi connectivity index (χ3v) is 4.20. The molecule has 1 fully saturated rings. The molecule has 1 aliphatic heterocycles. The molecule has 0 saturated carbocycles. The van der Waals surface area contributed by atoms with E-state index >= 15 is 0 Å². The van der Waals surface area contributed by atoms with E-state index in [-0.39, 0.29) is 10.6 Å². The van der Waals surface area contributed by atoms with Crippen LogP contribution in [0.3, 0.4) is 0 Å². The molecule has 7 heteroatoms. The first-order valence-electron chi connectivity index (χ1n) is 5.26. The number of nitrogens with one attached hydrogen (secondary N) is 3. The van der Waals surface area contributed by atoms with Crippen molar-refractivity contribution in [3.05, 3.63) is 12.3 Å². The minimum Gasteiger partial charge on any atom is -0.310 e. The molecule has 0 aromatic carbocycles. The summed E-state index contributed by atoms with van der Waals surface area (Å²) in [6.07, 6.45) is 3.49. The van der Waals surface area contributed by atoms with Crippen LogP contribution in [0, 0.1) is 0 Å². The molecule has 2 rings (SSSR count). The first kappa shape index (κ1) is 11.6. The summed E-state index contributed by atoms with van der Waals surface area (Å²) in [5.74, 6) is 0. The average Bonchev–Trinajstić information content (AvgIpc) is 2.86. The highest BCUT2D eigenvalue weighted by atomic mass is 32.2. The van der Waals surface area contributed by atoms with Crippen molar-refractivity contribution in [3.63, 3.8) is 0 Å². The van der Waals surface area contributed by atoms with Crippen molar-refractivity contribution >= 4 is 10.0 Å². The van der Waals surface area contributed by atoms with E-state index in [1.54, 1.807) is 0 Å². The van der Waals surface area contributed by atoms with Crippen LogP contribution in [-0.4, -0.2) is 37.2 Å². The minimum atomic E-state index is -3.45. The molecule has 0 amide bonds. The fourth-order valence-electron chi connectivity index (χ4n) is 1.83. The Hall–Kier alpha value is -0.920. The summed E-state index contributed by atoms with van der Waals surface area (Å²) in [4.78, 5) is 0. The Labute approximate surface area is 94.9 Å². The third kappa shape index (κ3) is 2.42. The van der Waals surface area contributed by atoms with Gasteiger partial charge in [0, 0.05) is 12.1 Å². The van der Waals surface area contributed by atoms with E-state index < -0.39 is 10.0 Å². The van der Waals surface area contributed by atoms with Gasteiger partial charge in [0.25, 0.3) is 10.0 Å². The minimum absolute atomic E-state index is 0.106. The van der Waals surface area contributed by atoms with E-state index in [0.29, 0.717) is 6.54 Å². The smallest absolute Gasteiger partial charge is 0.257 e. The van der Waals surface area contributed by atoms with Gasteiger partial charge in [-0.25, -0.2) is 13.1 Å². The lowest BCUT2D eigenvalue weighted by Gasteiger charge is -2.24. The van der Waals surface area contributed by atoms with Gasteiger partial charge in [-0.05, 0) is 32.4 Å². The van der Waals surface area contributed by atoms with Crippen molar-refractivity contribution in [1.82, 2.24) is 20.2 Å². The Morgan fingerprint density at radius 3 is 3.00 bits per heavy atom. The summed E-state index contributed by atoms with van der Waals surface area (Å²) in [6, 6.07) is 1.44. The molecule has 0 spiro atoms. The molecule has 3 N–H and O–H groups in total. The maximum atomic E-state index is 11.8. The van der Waals surface area contributed by atoms with E-state index in [1.807, 2.05) is 6.92 Å². The molecule has 0 radical (unpaired) electrons. The molecule has 90 valence electrons. The van der Waals surface area contributed by atoms with Gasteiger partial charge in [-0.3, -0.25) is 5.10 Å². The van der Waals surface area contributed by atoms with Gasteiger partial charge in [-0.2, -0.15) is 5.10 Å². The quantitative estimate of drug-likeness (QED) is 0.686. The monoisotopic (exact) mass is 244 g/mol. The van der Waals surface area contributed by atoms with E-state index in [1.165, 1.54) is 12.3 Å². The van der Waals surface area contributed by atoms with Gasteiger partial charge in [0.15, 0.2) is 5.03 Å². The number of hydrogen-bond donors (Lipinski definition) is 3. The third-order valence-electron chi connectivity index (χ3n) is 2.87. The molecule has 0 bridgehead atoms. The molecule has 1 aliphatic rings. The SMILES string of the molecule is CC1(CNS(=O)(=O)c2ccn[nH]2)CCCN1. The van der Waals surface area contributed by atoms with Gasteiger partial charge in [-0.1, -0.05) is 0 Å². The summed E-state index contributed by atoms with van der Waals surface area (Å²) in [5.41, 5.74) is -0.132. The van der Waals surface area contributed by atoms with Crippen molar-refractivity contribution in [2.24, 2.45) is 0 Å². The number of aromatic amines is 1. The summed E-state index contributed by atoms with van der Waals surface area (Å²) < 4.78 is 26.1. The lowest BCUT2D eigenvalue weighted by atomic mass is 10.0. The molecular weight excluding hydrogens is 228 g/mol. The number of H-pyrrole nitrogens is 1. The van der Waals surface area contributed by atoms with Crippen molar-refractivity contribution in [3.8, 4) is 0 Å². The normalized spacial score (nSPS) is 26.1. The zero-order valence-electron chi connectivity index (χ0n) is 9.16. The van der Waals surface area contributed by atoms with Crippen molar-refractivity contribution in [2.75, 3.05) is 13.1 Å². The highest BCUT2D eigenvalue weighted by Crippen LogP contribution is 2.17. The van der Waals surface area contributed by atoms with Gasteiger partial charge in [0.2, 0.25) is 0 Å². The molecular formula is C9H16N4O2S. The van der Waals surface area contributed by atoms with E-state index in [0.717, 1.165) is 19.4 Å². The second-order valence-corrected chi connectivity index (χ2v) is 6.07. The van der Waals surface area contributed by atoms with Crippen LogP contribution in [0.2, 0.25) is 0 Å². The van der Waals surface area contributed by atoms with E-state index in [9.17, 15) is 8.42 Å². The van der Waals surface area contributed by atoms with Crippen molar-refractivity contribution in [2.45, 2.75) is 30.3 Å². The first-order valence-corrected chi connectivity index (χ1v) is 6.74. The molecule has 2 heterocycles. The van der Waals surface area contributed by atoms with Crippen LogP contribution in [0.4, 0.5) is 0 Å². The topological polar surface area (TPSA) is 86.9 Å². The van der Waals surface area contributed by atoms with Crippen LogP contribution >= 0.6 is 0 Å². The molecule has 0 aliphatic carbocycles. The number of hydrogen-bond acceptors (Lipinski definition) is 4. The molecule has 6 nitrogen and oxygen atoms in total. The van der Waals surface area contributed by atoms with Crippen LogP contribution in [0.1, 0.15) is 19.8 Å². The molecule has 1 saturated heterocycles. The molecule has 1 aromatic heterocycles. The molecule has 1 unspecified atom stereocenters. The highest BCUT2D eigenvalue weighted by molar-refractivity contribution is 7.89. The molecule has 16 heavy (non-hydrogen) atoms. The second kappa shape index (κ2) is 4.15. The second-order valence-electron chi connectivity index (χ2n) is 4.34. The molecule has 1 atom stereocenters. The number of aromatic nitrogens is 2. The lowest BCUT2D eigenvalue weighted by Crippen LogP contribution is -2.47. The summed E-state index contributed by atoms with van der Waals surface area (Å²) >= 11 is 0. The van der Waals surface area contributed by atoms with Crippen LogP contribution in [0.5, 0.6) is 0 Å². The number of sulfonamides is 1. The number of rotatable bonds is 4. The maximum absolute atomic E-state index is 11.8. The fourth-order valence-corrected chi connectivity index (χ4v) is 2.91. The first-order chi connectivity index (χ1) is 7.52. The zero-order valence-corrected chi connectivity index (χ0v) is 9.97. The van der Waals surface area contributed by atoms with Gasteiger partial charge >= 0.3 is 0 Å². The predicted octanol–water partition coefficient (Wildman–Crippen LogP) is -0.170. The summed E-state index contributed by atoms with van der Waals surface area (Å²) in [5, 5.41) is 9.47. The predicted molar refractivity (Wildman–Crippen MR) is 59.4 cm³/mol. The lowest BCUT2D eigenvalue weighted by molar-refractivity contribution is 0.409. The Kier molecular flexibility index (Phi) is 3.00. The largest absolute Gasteiger partial charge is 0.310 e. The van der Waals surface area contributed by atoms with Crippen LogP contribution in [0.15, 0.2) is 17.3 Å². The Morgan fingerprint density at radius 1 is 1.62 bits per heavy atom. The zero-order chi connectivity index (χ0) is 11.6. The Morgan fingerprint density at radius 2 is 2.44 bits per heavy atom. The highest BCUT2D eigenvalue weighted by Gasteiger charge is 2.29. The van der Waals surface area contributed by atoms with Crippen LogP contribution in [0.25, 0.3) is 0 Å². The van der Waals surface area contributed by atoms with Crippen LogP contribution in [-0.2, 0) is 10.0 Å². The molecule has 1 aromatic rings. The van der Waals surface area contributed by atoms with Crippen molar-refractivity contribution in [1.29, 1.82) is 0 Å². The maximum Gasteiger partial charge on any atom is 0.257 e. The van der Waals surface area contributed by atoms with E-state index in [2.05, 4.69) is 20.2 Å². The number of nitrogens with zero attached hydrogens (tertiary/aromatic N) is 1. The summed E-state index contributed by atoms with van der Waals surface area (Å²) in [7, 11) is -3.45. The fraction of sp³-hybridized carbons (Fsp3) is 0.667. The van der Waals surface area contributed by atoms with Crippen LogP contribution < -0.4 is 10.0 Å². The Bertz CT molecular complexity index is 434. The van der Waals surface area contributed by atoms with Gasteiger partial charge in [0.1, 0.15) is 0 Å². The Balaban J connectivity index is 2.00. The van der Waals surface area contributed by atoms with Gasteiger partial charge in [0.05, 0.1) is 6.20 Å². The van der Waals surface area contributed by atoms with Gasteiger partial charge in [-0.15, -0.1) is 0 Å².